The summed E-state index contributed by atoms with van der Waals surface area (Å²) in [5.41, 5.74) is 5.59. The molecule has 0 bridgehead atoms. The van der Waals surface area contributed by atoms with Crippen molar-refractivity contribution in [3.05, 3.63) is 70.9 Å². The normalized spacial score (nSPS) is 10.8. The molecule has 0 atom stereocenters. The highest BCUT2D eigenvalue weighted by Crippen LogP contribution is 2.22. The molecule has 3 nitrogen and oxygen atoms in total. The number of rotatable bonds is 4. The van der Waals surface area contributed by atoms with E-state index in [9.17, 15) is 4.79 Å². The summed E-state index contributed by atoms with van der Waals surface area (Å²) in [6.45, 7) is 4.65. The van der Waals surface area contributed by atoms with E-state index >= 15 is 0 Å². The first-order valence-corrected chi connectivity index (χ1v) is 7.52. The minimum absolute atomic E-state index is 0.0520. The Hall–Kier alpha value is -2.55. The SMILES string of the molecule is Cc1ccccc1CNC(=O)Cc1c(C)[nH]c2ccccc12. The predicted molar refractivity (Wildman–Crippen MR) is 89.8 cm³/mol. The lowest BCUT2D eigenvalue weighted by molar-refractivity contribution is -0.120. The van der Waals surface area contributed by atoms with Crippen molar-refractivity contribution in [2.45, 2.75) is 26.8 Å². The Balaban J connectivity index is 1.71. The van der Waals surface area contributed by atoms with Crippen molar-refractivity contribution >= 4 is 16.8 Å². The Morgan fingerprint density at radius 3 is 2.59 bits per heavy atom. The molecule has 112 valence electrons. The fourth-order valence-corrected chi connectivity index (χ4v) is 2.79. The largest absolute Gasteiger partial charge is 0.358 e. The number of benzene rings is 2. The van der Waals surface area contributed by atoms with Crippen LogP contribution in [0.1, 0.15) is 22.4 Å². The average molecular weight is 292 g/mol. The van der Waals surface area contributed by atoms with Gasteiger partial charge in [0.2, 0.25) is 5.91 Å². The van der Waals surface area contributed by atoms with Crippen LogP contribution in [0.4, 0.5) is 0 Å². The average Bonchev–Trinajstić information content (AvgIpc) is 2.83. The van der Waals surface area contributed by atoms with Crippen LogP contribution in [0, 0.1) is 13.8 Å². The zero-order chi connectivity index (χ0) is 15.5. The van der Waals surface area contributed by atoms with Crippen molar-refractivity contribution in [3.8, 4) is 0 Å². The van der Waals surface area contributed by atoms with Crippen LogP contribution in [0.2, 0.25) is 0 Å². The number of carbonyl (C=O) groups excluding carboxylic acids is 1. The maximum Gasteiger partial charge on any atom is 0.224 e. The lowest BCUT2D eigenvalue weighted by Gasteiger charge is -2.08. The van der Waals surface area contributed by atoms with E-state index in [0.717, 1.165) is 27.7 Å². The predicted octanol–water partition coefficient (Wildman–Crippen LogP) is 3.64. The molecule has 0 aliphatic heterocycles. The number of H-pyrrole nitrogens is 1. The summed E-state index contributed by atoms with van der Waals surface area (Å²) in [4.78, 5) is 15.6. The van der Waals surface area contributed by atoms with Gasteiger partial charge in [0, 0.05) is 23.1 Å². The van der Waals surface area contributed by atoms with E-state index in [1.807, 2.05) is 43.3 Å². The number of carbonyl (C=O) groups is 1. The molecule has 22 heavy (non-hydrogen) atoms. The molecule has 1 aromatic heterocycles. The molecule has 3 aromatic rings. The third kappa shape index (κ3) is 2.89. The number of aromatic nitrogens is 1. The summed E-state index contributed by atoms with van der Waals surface area (Å²) in [5.74, 6) is 0.0520. The molecule has 0 radical (unpaired) electrons. The Morgan fingerprint density at radius 1 is 1.05 bits per heavy atom. The number of fused-ring (bicyclic) bond motifs is 1. The topological polar surface area (TPSA) is 44.9 Å². The van der Waals surface area contributed by atoms with Crippen molar-refractivity contribution < 1.29 is 4.79 Å². The van der Waals surface area contributed by atoms with Gasteiger partial charge in [0.25, 0.3) is 0 Å². The number of nitrogens with one attached hydrogen (secondary N) is 2. The summed E-state index contributed by atoms with van der Waals surface area (Å²) < 4.78 is 0. The highest BCUT2D eigenvalue weighted by Gasteiger charge is 2.12. The fraction of sp³-hybridized carbons (Fsp3) is 0.211. The Morgan fingerprint density at radius 2 is 1.77 bits per heavy atom. The van der Waals surface area contributed by atoms with Crippen LogP contribution in [0.5, 0.6) is 0 Å². The Bertz CT molecular complexity index is 817. The molecule has 3 rings (SSSR count). The molecule has 0 aliphatic rings. The number of hydrogen-bond donors (Lipinski definition) is 2. The van der Waals surface area contributed by atoms with Crippen LogP contribution in [-0.4, -0.2) is 10.9 Å². The van der Waals surface area contributed by atoms with E-state index in [-0.39, 0.29) is 5.91 Å². The second-order valence-corrected chi connectivity index (χ2v) is 5.65. The molecule has 3 heteroatoms. The number of aromatic amines is 1. The van der Waals surface area contributed by atoms with Crippen molar-refractivity contribution in [2.75, 3.05) is 0 Å². The summed E-state index contributed by atoms with van der Waals surface area (Å²) in [7, 11) is 0. The highest BCUT2D eigenvalue weighted by atomic mass is 16.1. The molecule has 0 fully saturated rings. The number of amides is 1. The van der Waals surface area contributed by atoms with Crippen molar-refractivity contribution in [1.82, 2.24) is 10.3 Å². The first-order valence-electron chi connectivity index (χ1n) is 7.52. The van der Waals surface area contributed by atoms with E-state index in [2.05, 4.69) is 29.4 Å². The van der Waals surface area contributed by atoms with E-state index in [1.54, 1.807) is 0 Å². The van der Waals surface area contributed by atoms with Gasteiger partial charge < -0.3 is 10.3 Å². The van der Waals surface area contributed by atoms with Crippen LogP contribution in [0.15, 0.2) is 48.5 Å². The molecule has 0 saturated carbocycles. The van der Waals surface area contributed by atoms with Gasteiger partial charge in [-0.2, -0.15) is 0 Å². The molecular weight excluding hydrogens is 272 g/mol. The summed E-state index contributed by atoms with van der Waals surface area (Å²) >= 11 is 0. The van der Waals surface area contributed by atoms with E-state index < -0.39 is 0 Å². The Kier molecular flexibility index (Phi) is 3.96. The Labute approximate surface area is 130 Å². The van der Waals surface area contributed by atoms with Crippen LogP contribution in [0.25, 0.3) is 10.9 Å². The second-order valence-electron chi connectivity index (χ2n) is 5.65. The molecule has 1 amide bonds. The third-order valence-electron chi connectivity index (χ3n) is 4.10. The first kappa shape index (κ1) is 14.4. The molecule has 0 aliphatic carbocycles. The van der Waals surface area contributed by atoms with Crippen molar-refractivity contribution in [1.29, 1.82) is 0 Å². The zero-order valence-corrected chi connectivity index (χ0v) is 12.9. The molecule has 2 N–H and O–H groups in total. The van der Waals surface area contributed by atoms with Gasteiger partial charge in [0.05, 0.1) is 6.42 Å². The van der Waals surface area contributed by atoms with Gasteiger partial charge in [-0.15, -0.1) is 0 Å². The number of aryl methyl sites for hydroxylation is 2. The van der Waals surface area contributed by atoms with Gasteiger partial charge in [-0.1, -0.05) is 42.5 Å². The van der Waals surface area contributed by atoms with Gasteiger partial charge in [0.15, 0.2) is 0 Å². The standard InChI is InChI=1S/C19H20N2O/c1-13-7-3-4-8-15(13)12-20-19(22)11-17-14(2)21-18-10-6-5-9-16(17)18/h3-10,21H,11-12H2,1-2H3,(H,20,22). The van der Waals surface area contributed by atoms with Gasteiger partial charge in [-0.25, -0.2) is 0 Å². The molecular formula is C19H20N2O. The lowest BCUT2D eigenvalue weighted by atomic mass is 10.1. The zero-order valence-electron chi connectivity index (χ0n) is 12.9. The second kappa shape index (κ2) is 6.06. The van der Waals surface area contributed by atoms with Crippen LogP contribution < -0.4 is 5.32 Å². The smallest absolute Gasteiger partial charge is 0.224 e. The van der Waals surface area contributed by atoms with Crippen LogP contribution in [0.3, 0.4) is 0 Å². The summed E-state index contributed by atoms with van der Waals surface area (Å²) in [6.07, 6.45) is 0.404. The number of para-hydroxylation sites is 1. The van der Waals surface area contributed by atoms with Gasteiger partial charge in [0.1, 0.15) is 0 Å². The van der Waals surface area contributed by atoms with Crippen LogP contribution in [-0.2, 0) is 17.8 Å². The first-order chi connectivity index (χ1) is 10.6. The maximum absolute atomic E-state index is 12.3. The van der Waals surface area contributed by atoms with Gasteiger partial charge in [-0.3, -0.25) is 4.79 Å². The fourth-order valence-electron chi connectivity index (χ4n) is 2.79. The summed E-state index contributed by atoms with van der Waals surface area (Å²) in [5, 5.41) is 4.15. The summed E-state index contributed by atoms with van der Waals surface area (Å²) in [6, 6.07) is 16.2. The highest BCUT2D eigenvalue weighted by molar-refractivity contribution is 5.90. The molecule has 0 spiro atoms. The minimum atomic E-state index is 0.0520. The van der Waals surface area contributed by atoms with Gasteiger partial charge in [-0.05, 0) is 36.6 Å². The minimum Gasteiger partial charge on any atom is -0.358 e. The van der Waals surface area contributed by atoms with Gasteiger partial charge >= 0.3 is 0 Å². The van der Waals surface area contributed by atoms with E-state index in [0.29, 0.717) is 13.0 Å². The molecule has 2 aromatic carbocycles. The molecule has 1 heterocycles. The monoisotopic (exact) mass is 292 g/mol. The van der Waals surface area contributed by atoms with E-state index in [4.69, 9.17) is 0 Å². The van der Waals surface area contributed by atoms with Crippen molar-refractivity contribution in [2.24, 2.45) is 0 Å². The third-order valence-corrected chi connectivity index (χ3v) is 4.10. The lowest BCUT2D eigenvalue weighted by Crippen LogP contribution is -2.25. The van der Waals surface area contributed by atoms with Crippen molar-refractivity contribution in [3.63, 3.8) is 0 Å². The van der Waals surface area contributed by atoms with Crippen LogP contribution >= 0.6 is 0 Å². The maximum atomic E-state index is 12.3. The molecule has 0 saturated heterocycles. The van der Waals surface area contributed by atoms with E-state index in [1.165, 1.54) is 5.56 Å². The molecule has 0 unspecified atom stereocenters. The quantitative estimate of drug-likeness (QED) is 0.757. The number of hydrogen-bond acceptors (Lipinski definition) is 1.